The van der Waals surface area contributed by atoms with Crippen molar-refractivity contribution in [2.24, 2.45) is 0 Å². The zero-order chi connectivity index (χ0) is 16.4. The number of rotatable bonds is 3. The summed E-state index contributed by atoms with van der Waals surface area (Å²) >= 11 is 1.46. The largest absolute Gasteiger partial charge is 0.357 e. The minimum Gasteiger partial charge on any atom is -0.357 e. The molecule has 5 nitrogen and oxygen atoms in total. The molecule has 1 aliphatic heterocycles. The second-order valence-corrected chi connectivity index (χ2v) is 7.46. The third kappa shape index (κ3) is 3.76. The average Bonchev–Trinajstić information content (AvgIpc) is 2.90. The third-order valence-corrected chi connectivity index (χ3v) is 5.06. The van der Waals surface area contributed by atoms with Crippen molar-refractivity contribution in [3.8, 4) is 0 Å². The van der Waals surface area contributed by atoms with Crippen LogP contribution in [-0.2, 0) is 10.1 Å². The number of thiazole rings is 1. The van der Waals surface area contributed by atoms with Crippen LogP contribution in [0.1, 0.15) is 5.01 Å². The molecule has 0 radical (unpaired) electrons. The van der Waals surface area contributed by atoms with E-state index in [0.717, 1.165) is 15.3 Å². The first kappa shape index (κ1) is 15.7. The van der Waals surface area contributed by atoms with Gasteiger partial charge >= 0.3 is 0 Å². The number of allylic oxidation sites excluding steroid dienone is 5. The zero-order valence-corrected chi connectivity index (χ0v) is 13.9. The maximum atomic E-state index is 11.1. The maximum Gasteiger partial charge on any atom is 0.294 e. The van der Waals surface area contributed by atoms with E-state index in [-0.39, 0.29) is 4.90 Å². The van der Waals surface area contributed by atoms with E-state index in [1.165, 1.54) is 23.5 Å². The molecule has 0 unspecified atom stereocenters. The molecule has 1 N–H and O–H groups in total. The number of hydrogen-bond donors (Lipinski definition) is 1. The topological polar surface area (TPSA) is 70.5 Å². The number of benzene rings is 1. The minimum atomic E-state index is -4.20. The Bertz CT molecular complexity index is 950. The van der Waals surface area contributed by atoms with E-state index >= 15 is 0 Å². The molecule has 0 bridgehead atoms. The van der Waals surface area contributed by atoms with Gasteiger partial charge in [0.1, 0.15) is 5.01 Å². The van der Waals surface area contributed by atoms with Gasteiger partial charge in [-0.05, 0) is 42.0 Å². The van der Waals surface area contributed by atoms with Crippen molar-refractivity contribution in [1.82, 2.24) is 9.88 Å². The van der Waals surface area contributed by atoms with Crippen LogP contribution in [0.4, 0.5) is 0 Å². The summed E-state index contributed by atoms with van der Waals surface area (Å²) in [6.07, 6.45) is 13.7. The van der Waals surface area contributed by atoms with Crippen LogP contribution in [0.15, 0.2) is 65.4 Å². The highest BCUT2D eigenvalue weighted by Crippen LogP contribution is 2.25. The molecule has 0 saturated carbocycles. The van der Waals surface area contributed by atoms with Gasteiger partial charge in [0.25, 0.3) is 10.1 Å². The van der Waals surface area contributed by atoms with Gasteiger partial charge in [-0.25, -0.2) is 4.98 Å². The summed E-state index contributed by atoms with van der Waals surface area (Å²) in [7, 11) is -2.24. The van der Waals surface area contributed by atoms with Gasteiger partial charge in [-0.15, -0.1) is 11.3 Å². The molecule has 0 amide bonds. The molecule has 2 aromatic rings. The fourth-order valence-electron chi connectivity index (χ4n) is 2.02. The molecule has 0 aliphatic carbocycles. The van der Waals surface area contributed by atoms with Crippen LogP contribution in [0.5, 0.6) is 0 Å². The smallest absolute Gasteiger partial charge is 0.294 e. The van der Waals surface area contributed by atoms with Gasteiger partial charge in [0.2, 0.25) is 0 Å². The van der Waals surface area contributed by atoms with Crippen LogP contribution in [0.3, 0.4) is 0 Å². The number of aromatic nitrogens is 1. The molecule has 0 fully saturated rings. The van der Waals surface area contributed by atoms with Crippen molar-refractivity contribution in [3.05, 3.63) is 65.5 Å². The standard InChI is InChI=1S/C16H14N2O3S2/c1-18-9-7-12(8-10-18)3-2-4-16-17-14-11-13(23(19,20)21)5-6-15(14)22-16/h2-11H,1H3,(H,19,20,21)/b4-2+. The number of hydrogen-bond acceptors (Lipinski definition) is 5. The summed E-state index contributed by atoms with van der Waals surface area (Å²) in [4.78, 5) is 6.18. The molecule has 7 heteroatoms. The molecular formula is C16H14N2O3S2. The minimum absolute atomic E-state index is 0.144. The summed E-state index contributed by atoms with van der Waals surface area (Å²) in [5.41, 5.74) is 1.63. The SMILES string of the molecule is CN1C=CC(=C/C=C/c2nc3cc(S(=O)(=O)O)ccc3s2)C=C1. The molecule has 1 aromatic carbocycles. The molecule has 1 aromatic heterocycles. The van der Waals surface area contributed by atoms with Crippen LogP contribution >= 0.6 is 11.3 Å². The van der Waals surface area contributed by atoms with E-state index in [1.807, 2.05) is 54.7 Å². The van der Waals surface area contributed by atoms with Gasteiger partial charge in [-0.1, -0.05) is 12.2 Å². The number of nitrogens with zero attached hydrogens (tertiary/aromatic N) is 2. The van der Waals surface area contributed by atoms with E-state index in [0.29, 0.717) is 5.52 Å². The summed E-state index contributed by atoms with van der Waals surface area (Å²) in [5, 5.41) is 0.769. The molecule has 1 aliphatic rings. The van der Waals surface area contributed by atoms with Gasteiger partial charge in [0, 0.05) is 19.4 Å². The molecular weight excluding hydrogens is 332 g/mol. The lowest BCUT2D eigenvalue weighted by molar-refractivity contribution is 0.483. The molecule has 0 saturated heterocycles. The fourth-order valence-corrected chi connectivity index (χ4v) is 3.38. The molecule has 23 heavy (non-hydrogen) atoms. The van der Waals surface area contributed by atoms with Crippen LogP contribution < -0.4 is 0 Å². The second kappa shape index (κ2) is 6.11. The summed E-state index contributed by atoms with van der Waals surface area (Å²) in [6.45, 7) is 0. The third-order valence-electron chi connectivity index (χ3n) is 3.21. The first-order chi connectivity index (χ1) is 10.9. The average molecular weight is 346 g/mol. The van der Waals surface area contributed by atoms with Gasteiger partial charge < -0.3 is 4.90 Å². The first-order valence-electron chi connectivity index (χ1n) is 6.77. The van der Waals surface area contributed by atoms with Gasteiger partial charge in [0.15, 0.2) is 0 Å². The highest BCUT2D eigenvalue weighted by Gasteiger charge is 2.11. The van der Waals surface area contributed by atoms with Crippen molar-refractivity contribution in [2.45, 2.75) is 4.90 Å². The summed E-state index contributed by atoms with van der Waals surface area (Å²) < 4.78 is 32.2. The van der Waals surface area contributed by atoms with Crippen LogP contribution in [0.25, 0.3) is 16.3 Å². The first-order valence-corrected chi connectivity index (χ1v) is 9.02. The van der Waals surface area contributed by atoms with E-state index in [1.54, 1.807) is 6.07 Å². The van der Waals surface area contributed by atoms with E-state index in [9.17, 15) is 8.42 Å². The van der Waals surface area contributed by atoms with E-state index in [4.69, 9.17) is 4.55 Å². The van der Waals surface area contributed by atoms with Crippen molar-refractivity contribution in [2.75, 3.05) is 7.05 Å². The molecule has 3 rings (SSSR count). The lowest BCUT2D eigenvalue weighted by Gasteiger charge is -2.11. The van der Waals surface area contributed by atoms with E-state index in [2.05, 4.69) is 4.98 Å². The van der Waals surface area contributed by atoms with Crippen LogP contribution in [-0.4, -0.2) is 29.9 Å². The fraction of sp³-hybridized carbons (Fsp3) is 0.0625. The van der Waals surface area contributed by atoms with Crippen molar-refractivity contribution >= 4 is 37.7 Å². The summed E-state index contributed by atoms with van der Waals surface area (Å²) in [6, 6.07) is 4.40. The zero-order valence-electron chi connectivity index (χ0n) is 12.2. The maximum absolute atomic E-state index is 11.1. The Morgan fingerprint density at radius 3 is 2.70 bits per heavy atom. The van der Waals surface area contributed by atoms with Crippen LogP contribution in [0, 0.1) is 0 Å². The molecule has 0 spiro atoms. The Hall–Kier alpha value is -2.22. The quantitative estimate of drug-likeness (QED) is 0.862. The normalized spacial score (nSPS) is 15.0. The van der Waals surface area contributed by atoms with Gasteiger partial charge in [-0.2, -0.15) is 8.42 Å². The van der Waals surface area contributed by atoms with Crippen molar-refractivity contribution < 1.29 is 13.0 Å². The highest BCUT2D eigenvalue weighted by molar-refractivity contribution is 7.85. The lowest BCUT2D eigenvalue weighted by atomic mass is 10.2. The number of fused-ring (bicyclic) bond motifs is 1. The predicted molar refractivity (Wildman–Crippen MR) is 92.6 cm³/mol. The Morgan fingerprint density at radius 1 is 1.26 bits per heavy atom. The highest BCUT2D eigenvalue weighted by atomic mass is 32.2. The molecule has 2 heterocycles. The Kier molecular flexibility index (Phi) is 4.16. The Balaban J connectivity index is 1.84. The van der Waals surface area contributed by atoms with Crippen molar-refractivity contribution in [3.63, 3.8) is 0 Å². The Labute approximate surface area is 138 Å². The monoisotopic (exact) mass is 346 g/mol. The predicted octanol–water partition coefficient (Wildman–Crippen LogP) is 3.46. The second-order valence-electron chi connectivity index (χ2n) is 4.98. The molecule has 118 valence electrons. The van der Waals surface area contributed by atoms with E-state index < -0.39 is 10.1 Å². The summed E-state index contributed by atoms with van der Waals surface area (Å²) in [5.74, 6) is 0. The van der Waals surface area contributed by atoms with Gasteiger partial charge in [0.05, 0.1) is 15.1 Å². The van der Waals surface area contributed by atoms with Gasteiger partial charge in [-0.3, -0.25) is 4.55 Å². The molecule has 0 atom stereocenters. The Morgan fingerprint density at radius 2 is 2.00 bits per heavy atom. The van der Waals surface area contributed by atoms with Crippen LogP contribution in [0.2, 0.25) is 0 Å². The lowest BCUT2D eigenvalue weighted by Crippen LogP contribution is -2.02. The van der Waals surface area contributed by atoms with Crippen molar-refractivity contribution in [1.29, 1.82) is 0 Å².